The van der Waals surface area contributed by atoms with Crippen LogP contribution in [0.1, 0.15) is 5.82 Å². The normalized spacial score (nSPS) is 17.6. The van der Waals surface area contributed by atoms with Crippen molar-refractivity contribution in [3.05, 3.63) is 50.8 Å². The number of aromatic nitrogens is 2. The molecule has 1 unspecified atom stereocenters. The van der Waals surface area contributed by atoms with E-state index in [1.807, 2.05) is 23.6 Å². The fraction of sp³-hybridized carbons (Fsp3) is 0.235. The van der Waals surface area contributed by atoms with Gasteiger partial charge in [0.1, 0.15) is 11.4 Å². The van der Waals surface area contributed by atoms with Crippen molar-refractivity contribution in [2.24, 2.45) is 0 Å². The number of amides is 1. The number of hydrogen-bond acceptors (Lipinski definition) is 4. The average molecular weight is 376 g/mol. The van der Waals surface area contributed by atoms with E-state index >= 15 is 0 Å². The van der Waals surface area contributed by atoms with E-state index in [2.05, 4.69) is 15.3 Å². The Balaban J connectivity index is 1.71. The van der Waals surface area contributed by atoms with E-state index in [0.29, 0.717) is 40.7 Å². The maximum absolute atomic E-state index is 12.7. The van der Waals surface area contributed by atoms with E-state index in [1.54, 1.807) is 6.07 Å². The zero-order valence-corrected chi connectivity index (χ0v) is 14.8. The molecule has 0 saturated carbocycles. The van der Waals surface area contributed by atoms with Gasteiger partial charge in [0.15, 0.2) is 12.4 Å². The lowest BCUT2D eigenvalue weighted by molar-refractivity contribution is -0.907. The first-order valence-corrected chi connectivity index (χ1v) is 9.23. The van der Waals surface area contributed by atoms with Crippen molar-refractivity contribution in [3.8, 4) is 11.1 Å². The summed E-state index contributed by atoms with van der Waals surface area (Å²) in [5.41, 5.74) is 1.46. The minimum atomic E-state index is -0.169. The number of rotatable bonds is 3. The fourth-order valence-corrected chi connectivity index (χ4v) is 4.29. The molecule has 1 aromatic carbocycles. The lowest BCUT2D eigenvalue weighted by Gasteiger charge is -2.22. The molecule has 3 heterocycles. The van der Waals surface area contributed by atoms with Crippen LogP contribution < -0.4 is 15.8 Å². The molecule has 0 aliphatic carbocycles. The van der Waals surface area contributed by atoms with Gasteiger partial charge in [0.2, 0.25) is 0 Å². The van der Waals surface area contributed by atoms with Gasteiger partial charge < -0.3 is 15.2 Å². The molecule has 4 rings (SSSR count). The van der Waals surface area contributed by atoms with Gasteiger partial charge in [-0.2, -0.15) is 0 Å². The third kappa shape index (κ3) is 3.18. The van der Waals surface area contributed by atoms with Crippen LogP contribution in [0.5, 0.6) is 0 Å². The smallest absolute Gasteiger partial charge is 0.275 e. The number of piperazine rings is 1. The molecule has 2 aromatic heterocycles. The minimum Gasteiger partial charge on any atom is -0.346 e. The quantitative estimate of drug-likeness (QED) is 0.634. The molecule has 1 saturated heterocycles. The number of fused-ring (bicyclic) bond motifs is 1. The van der Waals surface area contributed by atoms with E-state index in [9.17, 15) is 9.59 Å². The molecule has 128 valence electrons. The summed E-state index contributed by atoms with van der Waals surface area (Å²) < 4.78 is 0. The topological polar surface area (TPSA) is 79.3 Å². The molecule has 0 spiro atoms. The van der Waals surface area contributed by atoms with E-state index < -0.39 is 0 Å². The van der Waals surface area contributed by atoms with Crippen molar-refractivity contribution in [1.29, 1.82) is 0 Å². The highest BCUT2D eigenvalue weighted by molar-refractivity contribution is 7.17. The number of benzene rings is 1. The molecule has 3 aromatic rings. The summed E-state index contributed by atoms with van der Waals surface area (Å²) in [6.45, 7) is 2.40. The average Bonchev–Trinajstić information content (AvgIpc) is 2.99. The van der Waals surface area contributed by atoms with Crippen molar-refractivity contribution < 1.29 is 9.69 Å². The van der Waals surface area contributed by atoms with Gasteiger partial charge in [-0.1, -0.05) is 29.8 Å². The van der Waals surface area contributed by atoms with Crippen LogP contribution in [0.3, 0.4) is 0 Å². The van der Waals surface area contributed by atoms with E-state index in [1.165, 1.54) is 11.3 Å². The van der Waals surface area contributed by atoms with Crippen LogP contribution in [0.4, 0.5) is 0 Å². The van der Waals surface area contributed by atoms with Crippen LogP contribution >= 0.6 is 22.9 Å². The van der Waals surface area contributed by atoms with Gasteiger partial charge >= 0.3 is 0 Å². The zero-order chi connectivity index (χ0) is 17.4. The van der Waals surface area contributed by atoms with Crippen LogP contribution in [0.25, 0.3) is 21.3 Å². The molecular formula is C17H16ClN4O2S+. The summed E-state index contributed by atoms with van der Waals surface area (Å²) in [5.74, 6) is 0.636. The van der Waals surface area contributed by atoms with Crippen molar-refractivity contribution >= 4 is 39.1 Å². The van der Waals surface area contributed by atoms with Gasteiger partial charge in [-0.05, 0) is 6.07 Å². The zero-order valence-electron chi connectivity index (χ0n) is 13.3. The highest BCUT2D eigenvalue weighted by Crippen LogP contribution is 2.34. The lowest BCUT2D eigenvalue weighted by Crippen LogP contribution is -3.14. The van der Waals surface area contributed by atoms with Crippen molar-refractivity contribution in [2.45, 2.75) is 6.54 Å². The standard InChI is InChI=1S/C17H15ClN4O2S/c18-12-4-2-1-3-10(12)11-9-25-17-15(11)16(24)20-13(21-17)7-22-6-5-19-14(23)8-22/h1-4,9H,5-8H2,(H,19,23)(H,20,21,24)/p+1. The number of nitrogens with one attached hydrogen (secondary N) is 3. The third-order valence-corrected chi connectivity index (χ3v) is 5.49. The molecule has 3 N–H and O–H groups in total. The Morgan fingerprint density at radius 1 is 1.24 bits per heavy atom. The van der Waals surface area contributed by atoms with Crippen molar-refractivity contribution in [1.82, 2.24) is 15.3 Å². The molecule has 6 nitrogen and oxygen atoms in total. The summed E-state index contributed by atoms with van der Waals surface area (Å²) in [5, 5.41) is 5.89. The first kappa shape index (κ1) is 16.3. The first-order chi connectivity index (χ1) is 12.1. The Labute approximate surface area is 152 Å². The van der Waals surface area contributed by atoms with Gasteiger partial charge in [0, 0.05) is 21.5 Å². The molecule has 8 heteroatoms. The lowest BCUT2D eigenvalue weighted by atomic mass is 10.1. The van der Waals surface area contributed by atoms with Crippen LogP contribution in [0.15, 0.2) is 34.4 Å². The van der Waals surface area contributed by atoms with Crippen molar-refractivity contribution in [3.63, 3.8) is 0 Å². The second-order valence-electron chi connectivity index (χ2n) is 6.03. The second kappa shape index (κ2) is 6.59. The molecule has 1 aliphatic rings. The molecule has 1 atom stereocenters. The summed E-state index contributed by atoms with van der Waals surface area (Å²) in [6.07, 6.45) is 0. The highest BCUT2D eigenvalue weighted by atomic mass is 35.5. The second-order valence-corrected chi connectivity index (χ2v) is 7.29. The van der Waals surface area contributed by atoms with Gasteiger partial charge in [0.25, 0.3) is 11.5 Å². The SMILES string of the molecule is O=C1C[NH+](Cc2nc3scc(-c4ccccc4Cl)c3c(=O)[nH]2)CCN1. The maximum atomic E-state index is 12.7. The minimum absolute atomic E-state index is 0.0294. The van der Waals surface area contributed by atoms with Crippen LogP contribution in [0.2, 0.25) is 5.02 Å². The Morgan fingerprint density at radius 2 is 2.08 bits per heavy atom. The fourth-order valence-electron chi connectivity index (χ4n) is 3.10. The molecule has 1 amide bonds. The number of halogens is 1. The molecule has 25 heavy (non-hydrogen) atoms. The Kier molecular flexibility index (Phi) is 4.29. The maximum Gasteiger partial charge on any atom is 0.275 e. The first-order valence-electron chi connectivity index (χ1n) is 7.97. The van der Waals surface area contributed by atoms with E-state index in [-0.39, 0.29) is 11.5 Å². The van der Waals surface area contributed by atoms with Gasteiger partial charge in [-0.25, -0.2) is 4.98 Å². The number of H-pyrrole nitrogens is 1. The molecule has 1 fully saturated rings. The van der Waals surface area contributed by atoms with Crippen LogP contribution in [0, 0.1) is 0 Å². The summed E-state index contributed by atoms with van der Waals surface area (Å²) in [4.78, 5) is 33.4. The molecular weight excluding hydrogens is 360 g/mol. The monoisotopic (exact) mass is 375 g/mol. The summed E-state index contributed by atoms with van der Waals surface area (Å²) >= 11 is 7.70. The van der Waals surface area contributed by atoms with E-state index in [0.717, 1.165) is 22.6 Å². The number of quaternary nitrogens is 1. The van der Waals surface area contributed by atoms with Gasteiger partial charge in [-0.3, -0.25) is 9.59 Å². The molecule has 0 bridgehead atoms. The number of aromatic amines is 1. The number of carbonyl (C=O) groups is 1. The number of thiophene rings is 1. The Morgan fingerprint density at radius 3 is 2.88 bits per heavy atom. The third-order valence-electron chi connectivity index (χ3n) is 4.29. The summed E-state index contributed by atoms with van der Waals surface area (Å²) in [6, 6.07) is 7.46. The van der Waals surface area contributed by atoms with Crippen LogP contribution in [-0.2, 0) is 11.3 Å². The largest absolute Gasteiger partial charge is 0.346 e. The van der Waals surface area contributed by atoms with Gasteiger partial charge in [0.05, 0.1) is 18.5 Å². The number of hydrogen-bond donors (Lipinski definition) is 3. The molecule has 0 radical (unpaired) electrons. The Bertz CT molecular complexity index is 1010. The Hall–Kier alpha value is -2.22. The summed E-state index contributed by atoms with van der Waals surface area (Å²) in [7, 11) is 0. The predicted octanol–water partition coefficient (Wildman–Crippen LogP) is 0.820. The van der Waals surface area contributed by atoms with Crippen LogP contribution in [-0.4, -0.2) is 35.5 Å². The van der Waals surface area contributed by atoms with E-state index in [4.69, 9.17) is 11.6 Å². The molecule has 1 aliphatic heterocycles. The van der Waals surface area contributed by atoms with Crippen molar-refractivity contribution in [2.75, 3.05) is 19.6 Å². The number of nitrogens with zero attached hydrogens (tertiary/aromatic N) is 1. The highest BCUT2D eigenvalue weighted by Gasteiger charge is 2.22. The predicted molar refractivity (Wildman–Crippen MR) is 98.1 cm³/mol. The number of carbonyl (C=O) groups excluding carboxylic acids is 1. The van der Waals surface area contributed by atoms with Gasteiger partial charge in [-0.15, -0.1) is 11.3 Å².